The number of nitrogen functional groups attached to an aromatic ring is 1. The highest BCUT2D eigenvalue weighted by molar-refractivity contribution is 7.80. The molecule has 18 heavy (non-hydrogen) atoms. The average molecular weight is 256 g/mol. The van der Waals surface area contributed by atoms with E-state index >= 15 is 0 Å². The molecule has 3 nitrogen and oxygen atoms in total. The van der Waals surface area contributed by atoms with Crippen LogP contribution in [0.5, 0.6) is 0 Å². The summed E-state index contributed by atoms with van der Waals surface area (Å²) in [7, 11) is 0. The standard InChI is InChI=1S/C14H12N2OS/c15-14(16)11-7-6-10(8-12(11)18)13(17)9-4-2-1-3-5-9/h1-8,18H,(H3,15,16). The molecule has 0 aromatic heterocycles. The van der Waals surface area contributed by atoms with E-state index in [-0.39, 0.29) is 11.6 Å². The van der Waals surface area contributed by atoms with Gasteiger partial charge in [-0.3, -0.25) is 10.2 Å². The topological polar surface area (TPSA) is 66.9 Å². The third-order valence-corrected chi connectivity index (χ3v) is 2.96. The Labute approximate surface area is 111 Å². The molecule has 3 N–H and O–H groups in total. The third-order valence-electron chi connectivity index (χ3n) is 2.59. The van der Waals surface area contributed by atoms with Gasteiger partial charge in [0, 0.05) is 21.6 Å². The smallest absolute Gasteiger partial charge is 0.193 e. The van der Waals surface area contributed by atoms with Gasteiger partial charge in [0.15, 0.2) is 5.78 Å². The molecule has 0 aliphatic carbocycles. The molecule has 0 fully saturated rings. The van der Waals surface area contributed by atoms with Crippen molar-refractivity contribution in [1.29, 1.82) is 5.41 Å². The van der Waals surface area contributed by atoms with E-state index in [0.717, 1.165) is 0 Å². The molecular weight excluding hydrogens is 244 g/mol. The van der Waals surface area contributed by atoms with Crippen LogP contribution in [-0.4, -0.2) is 11.6 Å². The molecule has 2 aromatic carbocycles. The minimum atomic E-state index is -0.0685. The quantitative estimate of drug-likeness (QED) is 0.342. The number of carbonyl (C=O) groups is 1. The van der Waals surface area contributed by atoms with Crippen LogP contribution in [-0.2, 0) is 0 Å². The largest absolute Gasteiger partial charge is 0.384 e. The first-order valence-corrected chi connectivity index (χ1v) is 5.81. The second kappa shape index (κ2) is 5.06. The molecule has 0 atom stereocenters. The van der Waals surface area contributed by atoms with Crippen LogP contribution in [0, 0.1) is 5.41 Å². The lowest BCUT2D eigenvalue weighted by atomic mass is 10.0. The van der Waals surface area contributed by atoms with Crippen molar-refractivity contribution in [3.63, 3.8) is 0 Å². The normalized spacial score (nSPS) is 10.1. The number of rotatable bonds is 3. The second-order valence-corrected chi connectivity index (χ2v) is 4.32. The molecule has 0 saturated carbocycles. The van der Waals surface area contributed by atoms with E-state index in [1.165, 1.54) is 0 Å². The fraction of sp³-hybridized carbons (Fsp3) is 0. The molecule has 0 heterocycles. The van der Waals surface area contributed by atoms with E-state index in [4.69, 9.17) is 11.1 Å². The van der Waals surface area contributed by atoms with E-state index in [0.29, 0.717) is 21.6 Å². The lowest BCUT2D eigenvalue weighted by molar-refractivity contribution is 0.103. The van der Waals surface area contributed by atoms with Crippen LogP contribution in [0.25, 0.3) is 0 Å². The predicted octanol–water partition coefficient (Wildman–Crippen LogP) is 2.49. The Morgan fingerprint density at radius 3 is 2.28 bits per heavy atom. The molecule has 4 heteroatoms. The summed E-state index contributed by atoms with van der Waals surface area (Å²) in [4.78, 5) is 12.7. The molecule has 2 rings (SSSR count). The first kappa shape index (κ1) is 12.4. The predicted molar refractivity (Wildman–Crippen MR) is 74.6 cm³/mol. The van der Waals surface area contributed by atoms with Gasteiger partial charge in [-0.15, -0.1) is 12.6 Å². The summed E-state index contributed by atoms with van der Waals surface area (Å²) < 4.78 is 0. The van der Waals surface area contributed by atoms with Crippen LogP contribution in [0.4, 0.5) is 0 Å². The van der Waals surface area contributed by atoms with Gasteiger partial charge in [0.2, 0.25) is 0 Å². The van der Waals surface area contributed by atoms with Crippen molar-refractivity contribution in [2.24, 2.45) is 5.73 Å². The van der Waals surface area contributed by atoms with Gasteiger partial charge >= 0.3 is 0 Å². The summed E-state index contributed by atoms with van der Waals surface area (Å²) in [5.74, 6) is -0.125. The van der Waals surface area contributed by atoms with Crippen molar-refractivity contribution in [2.45, 2.75) is 4.90 Å². The molecule has 0 spiro atoms. The summed E-state index contributed by atoms with van der Waals surface area (Å²) in [5.41, 5.74) is 7.10. The molecule has 0 unspecified atom stereocenters. The number of nitrogens with one attached hydrogen (secondary N) is 1. The highest BCUT2D eigenvalue weighted by atomic mass is 32.1. The average Bonchev–Trinajstić information content (AvgIpc) is 2.38. The minimum Gasteiger partial charge on any atom is -0.384 e. The fourth-order valence-electron chi connectivity index (χ4n) is 1.66. The van der Waals surface area contributed by atoms with Gasteiger partial charge in [0.05, 0.1) is 0 Å². The molecule has 0 saturated heterocycles. The summed E-state index contributed by atoms with van der Waals surface area (Å²) >= 11 is 4.24. The van der Waals surface area contributed by atoms with Crippen LogP contribution in [0.1, 0.15) is 21.5 Å². The minimum absolute atomic E-state index is 0.0567. The van der Waals surface area contributed by atoms with Crippen LogP contribution < -0.4 is 5.73 Å². The maximum atomic E-state index is 12.2. The molecule has 0 aliphatic heterocycles. The van der Waals surface area contributed by atoms with Crippen LogP contribution in [0.15, 0.2) is 53.4 Å². The first-order chi connectivity index (χ1) is 8.59. The summed E-state index contributed by atoms with van der Waals surface area (Å²) in [5, 5.41) is 7.36. The van der Waals surface area contributed by atoms with Gasteiger partial charge in [-0.2, -0.15) is 0 Å². The van der Waals surface area contributed by atoms with Crippen molar-refractivity contribution < 1.29 is 4.79 Å². The Kier molecular flexibility index (Phi) is 3.48. The van der Waals surface area contributed by atoms with Crippen molar-refractivity contribution in [3.8, 4) is 0 Å². The van der Waals surface area contributed by atoms with E-state index < -0.39 is 0 Å². The van der Waals surface area contributed by atoms with Crippen molar-refractivity contribution in [2.75, 3.05) is 0 Å². The SMILES string of the molecule is N=C(N)c1ccc(C(=O)c2ccccc2)cc1S. The zero-order valence-electron chi connectivity index (χ0n) is 9.55. The highest BCUT2D eigenvalue weighted by Crippen LogP contribution is 2.18. The Morgan fingerprint density at radius 2 is 1.72 bits per heavy atom. The number of thiol groups is 1. The lowest BCUT2D eigenvalue weighted by Gasteiger charge is -2.06. The maximum absolute atomic E-state index is 12.2. The van der Waals surface area contributed by atoms with Crippen molar-refractivity contribution >= 4 is 24.2 Å². The van der Waals surface area contributed by atoms with Crippen molar-refractivity contribution in [3.05, 3.63) is 65.2 Å². The Hall–Kier alpha value is -2.07. The van der Waals surface area contributed by atoms with Crippen LogP contribution in [0.3, 0.4) is 0 Å². The number of carbonyl (C=O) groups excluding carboxylic acids is 1. The third kappa shape index (κ3) is 2.43. The van der Waals surface area contributed by atoms with Crippen LogP contribution in [0.2, 0.25) is 0 Å². The molecule has 0 amide bonds. The summed E-state index contributed by atoms with van der Waals surface area (Å²) in [6.45, 7) is 0. The van der Waals surface area contributed by atoms with E-state index in [2.05, 4.69) is 12.6 Å². The second-order valence-electron chi connectivity index (χ2n) is 3.84. The number of amidine groups is 1. The monoisotopic (exact) mass is 256 g/mol. The van der Waals surface area contributed by atoms with Gasteiger partial charge in [0.25, 0.3) is 0 Å². The first-order valence-electron chi connectivity index (χ1n) is 5.37. The van der Waals surface area contributed by atoms with Crippen molar-refractivity contribution in [1.82, 2.24) is 0 Å². The van der Waals surface area contributed by atoms with Gasteiger partial charge in [-0.05, 0) is 12.1 Å². The molecule has 2 aromatic rings. The highest BCUT2D eigenvalue weighted by Gasteiger charge is 2.11. The Morgan fingerprint density at radius 1 is 1.06 bits per heavy atom. The summed E-state index contributed by atoms with van der Waals surface area (Å²) in [6.07, 6.45) is 0. The van der Waals surface area contributed by atoms with Crippen LogP contribution >= 0.6 is 12.6 Å². The van der Waals surface area contributed by atoms with Gasteiger partial charge < -0.3 is 5.73 Å². The van der Waals surface area contributed by atoms with Gasteiger partial charge in [-0.1, -0.05) is 36.4 Å². The number of nitrogens with two attached hydrogens (primary N) is 1. The number of benzene rings is 2. The van der Waals surface area contributed by atoms with Gasteiger partial charge in [-0.25, -0.2) is 0 Å². The Bertz CT molecular complexity index is 608. The molecule has 0 aliphatic rings. The fourth-order valence-corrected chi connectivity index (χ4v) is 1.99. The molecular formula is C14H12N2OS. The number of ketones is 1. The molecule has 90 valence electrons. The van der Waals surface area contributed by atoms with E-state index in [1.54, 1.807) is 30.3 Å². The number of hydrogen-bond acceptors (Lipinski definition) is 3. The van der Waals surface area contributed by atoms with Gasteiger partial charge in [0.1, 0.15) is 5.84 Å². The Balaban J connectivity index is 2.39. The number of hydrogen-bond donors (Lipinski definition) is 3. The lowest BCUT2D eigenvalue weighted by Crippen LogP contribution is -2.12. The summed E-state index contributed by atoms with van der Waals surface area (Å²) in [6, 6.07) is 14.0. The van der Waals surface area contributed by atoms with E-state index in [1.807, 2.05) is 18.2 Å². The zero-order chi connectivity index (χ0) is 13.1. The molecule has 0 radical (unpaired) electrons. The molecule has 0 bridgehead atoms. The van der Waals surface area contributed by atoms with E-state index in [9.17, 15) is 4.79 Å². The zero-order valence-corrected chi connectivity index (χ0v) is 10.4. The maximum Gasteiger partial charge on any atom is 0.193 e.